The molecule has 0 heterocycles. The van der Waals surface area contributed by atoms with Gasteiger partial charge in [-0.25, -0.2) is 0 Å². The van der Waals surface area contributed by atoms with Crippen molar-refractivity contribution >= 4 is 11.6 Å². The molecule has 0 aliphatic carbocycles. The summed E-state index contributed by atoms with van der Waals surface area (Å²) in [5.41, 5.74) is 3.57. The van der Waals surface area contributed by atoms with Crippen LogP contribution in [0.3, 0.4) is 0 Å². The van der Waals surface area contributed by atoms with Crippen LogP contribution < -0.4 is 10.6 Å². The smallest absolute Gasteiger partial charge is 0.267 e. The van der Waals surface area contributed by atoms with E-state index in [1.165, 1.54) is 6.20 Å². The van der Waals surface area contributed by atoms with Gasteiger partial charge in [-0.2, -0.15) is 5.26 Å². The Morgan fingerprint density at radius 1 is 1.12 bits per heavy atom. The van der Waals surface area contributed by atoms with Crippen LogP contribution >= 0.6 is 0 Å². The summed E-state index contributed by atoms with van der Waals surface area (Å²) in [6, 6.07) is 16.7. The van der Waals surface area contributed by atoms with E-state index in [1.807, 2.05) is 49.4 Å². The van der Waals surface area contributed by atoms with Crippen molar-refractivity contribution in [2.45, 2.75) is 20.1 Å². The van der Waals surface area contributed by atoms with Crippen molar-refractivity contribution in [2.75, 3.05) is 5.32 Å². The second kappa shape index (κ2) is 8.51. The van der Waals surface area contributed by atoms with Crippen molar-refractivity contribution in [3.8, 4) is 6.07 Å². The van der Waals surface area contributed by atoms with E-state index in [9.17, 15) is 4.79 Å². The van der Waals surface area contributed by atoms with Gasteiger partial charge in [-0.05, 0) is 30.2 Å². The molecule has 5 heteroatoms. The zero-order valence-electron chi connectivity index (χ0n) is 13.4. The minimum atomic E-state index is -0.454. The molecule has 0 saturated heterocycles. The number of aliphatic hydroxyl groups excluding tert-OH is 1. The third-order valence-corrected chi connectivity index (χ3v) is 3.43. The molecule has 0 bridgehead atoms. The number of amides is 1. The summed E-state index contributed by atoms with van der Waals surface area (Å²) >= 11 is 0. The molecule has 0 spiro atoms. The molecule has 0 atom stereocenters. The molecule has 0 unspecified atom stereocenters. The first-order chi connectivity index (χ1) is 11.6. The number of rotatable bonds is 6. The van der Waals surface area contributed by atoms with Gasteiger partial charge in [0.15, 0.2) is 0 Å². The van der Waals surface area contributed by atoms with Crippen LogP contribution in [0.4, 0.5) is 5.69 Å². The molecule has 122 valence electrons. The summed E-state index contributed by atoms with van der Waals surface area (Å²) in [5.74, 6) is -0.454. The fourth-order valence-corrected chi connectivity index (χ4v) is 2.02. The van der Waals surface area contributed by atoms with Crippen LogP contribution in [0.15, 0.2) is 60.3 Å². The monoisotopic (exact) mass is 321 g/mol. The maximum absolute atomic E-state index is 12.1. The Kier molecular flexibility index (Phi) is 6.12. The highest BCUT2D eigenvalue weighted by molar-refractivity contribution is 6.06. The molecule has 0 fully saturated rings. The highest BCUT2D eigenvalue weighted by Crippen LogP contribution is 2.10. The van der Waals surface area contributed by atoms with Crippen LogP contribution in [0.25, 0.3) is 0 Å². The maximum atomic E-state index is 12.1. The lowest BCUT2D eigenvalue weighted by Crippen LogP contribution is -2.16. The lowest BCUT2D eigenvalue weighted by molar-refractivity contribution is -0.112. The van der Waals surface area contributed by atoms with Gasteiger partial charge in [0.25, 0.3) is 5.91 Å². The zero-order chi connectivity index (χ0) is 17.4. The Hall–Kier alpha value is -3.10. The van der Waals surface area contributed by atoms with Gasteiger partial charge in [0.1, 0.15) is 11.6 Å². The molecular formula is C19H19N3O2. The highest BCUT2D eigenvalue weighted by Gasteiger charge is 2.08. The third kappa shape index (κ3) is 4.97. The second-order valence-electron chi connectivity index (χ2n) is 5.35. The first kappa shape index (κ1) is 17.3. The Morgan fingerprint density at radius 3 is 2.33 bits per heavy atom. The van der Waals surface area contributed by atoms with Crippen LogP contribution in [0.2, 0.25) is 0 Å². The average molecular weight is 321 g/mol. The Morgan fingerprint density at radius 2 is 1.75 bits per heavy atom. The van der Waals surface area contributed by atoms with Crippen molar-refractivity contribution < 1.29 is 9.90 Å². The molecule has 1 amide bonds. The van der Waals surface area contributed by atoms with E-state index in [1.54, 1.807) is 12.1 Å². The number of hydrogen-bond acceptors (Lipinski definition) is 4. The number of anilines is 1. The summed E-state index contributed by atoms with van der Waals surface area (Å²) in [6.07, 6.45) is 1.41. The fraction of sp³-hybridized carbons (Fsp3) is 0.158. The molecular weight excluding hydrogens is 302 g/mol. The summed E-state index contributed by atoms with van der Waals surface area (Å²) in [7, 11) is 0. The summed E-state index contributed by atoms with van der Waals surface area (Å²) < 4.78 is 0. The number of carbonyl (C=O) groups excluding carboxylic acids is 1. The van der Waals surface area contributed by atoms with Crippen molar-refractivity contribution in [2.24, 2.45) is 0 Å². The summed E-state index contributed by atoms with van der Waals surface area (Å²) in [4.78, 5) is 12.1. The van der Waals surface area contributed by atoms with Crippen molar-refractivity contribution in [3.05, 3.63) is 77.0 Å². The number of aliphatic hydroxyl groups is 1. The number of aryl methyl sites for hydroxylation is 1. The van der Waals surface area contributed by atoms with E-state index in [-0.39, 0.29) is 12.2 Å². The van der Waals surface area contributed by atoms with Crippen molar-refractivity contribution in [1.29, 1.82) is 5.26 Å². The number of carbonyl (C=O) groups is 1. The van der Waals surface area contributed by atoms with E-state index in [4.69, 9.17) is 10.4 Å². The molecule has 3 N–H and O–H groups in total. The van der Waals surface area contributed by atoms with Crippen LogP contribution in [0, 0.1) is 18.3 Å². The van der Waals surface area contributed by atoms with Crippen LogP contribution in [-0.2, 0) is 17.9 Å². The molecule has 0 aliphatic heterocycles. The molecule has 0 aromatic heterocycles. The highest BCUT2D eigenvalue weighted by atomic mass is 16.3. The molecule has 2 aromatic rings. The molecule has 2 aromatic carbocycles. The Balaban J connectivity index is 1.93. The van der Waals surface area contributed by atoms with Gasteiger partial charge in [0, 0.05) is 18.4 Å². The Bertz CT molecular complexity index is 757. The number of nitrogens with one attached hydrogen (secondary N) is 2. The standard InChI is InChI=1S/C19H19N3O2/c1-14-2-8-18(9-3-14)22-19(24)17(10-20)12-21-11-15-4-6-16(13-23)7-5-15/h2-9,12,21,23H,11,13H2,1H3,(H,22,24)/b17-12-. The van der Waals surface area contributed by atoms with Gasteiger partial charge < -0.3 is 15.7 Å². The van der Waals surface area contributed by atoms with Crippen LogP contribution in [0.1, 0.15) is 16.7 Å². The predicted octanol–water partition coefficient (Wildman–Crippen LogP) is 2.62. The van der Waals surface area contributed by atoms with E-state index in [2.05, 4.69) is 10.6 Å². The van der Waals surface area contributed by atoms with Gasteiger partial charge in [-0.3, -0.25) is 4.79 Å². The summed E-state index contributed by atoms with van der Waals surface area (Å²) in [5, 5.41) is 23.8. The first-order valence-electron chi connectivity index (χ1n) is 7.52. The van der Waals surface area contributed by atoms with Gasteiger partial charge >= 0.3 is 0 Å². The molecule has 0 aliphatic rings. The second-order valence-corrected chi connectivity index (χ2v) is 5.35. The zero-order valence-corrected chi connectivity index (χ0v) is 13.4. The first-order valence-corrected chi connectivity index (χ1v) is 7.52. The minimum absolute atomic E-state index is 0.00236. The van der Waals surface area contributed by atoms with Crippen molar-refractivity contribution in [3.63, 3.8) is 0 Å². The van der Waals surface area contributed by atoms with E-state index < -0.39 is 5.91 Å². The van der Waals surface area contributed by atoms with Gasteiger partial charge in [-0.1, -0.05) is 42.0 Å². The van der Waals surface area contributed by atoms with E-state index >= 15 is 0 Å². The fourth-order valence-electron chi connectivity index (χ4n) is 2.02. The number of hydrogen-bond donors (Lipinski definition) is 3. The summed E-state index contributed by atoms with van der Waals surface area (Å²) in [6.45, 7) is 2.45. The lowest BCUT2D eigenvalue weighted by Gasteiger charge is -2.06. The Labute approximate surface area is 141 Å². The maximum Gasteiger partial charge on any atom is 0.267 e. The topological polar surface area (TPSA) is 85.2 Å². The normalized spacial score (nSPS) is 10.8. The predicted molar refractivity (Wildman–Crippen MR) is 92.7 cm³/mol. The van der Waals surface area contributed by atoms with Crippen LogP contribution in [0.5, 0.6) is 0 Å². The number of nitriles is 1. The number of benzene rings is 2. The van der Waals surface area contributed by atoms with E-state index in [0.717, 1.165) is 16.7 Å². The van der Waals surface area contributed by atoms with Gasteiger partial charge in [0.05, 0.1) is 6.61 Å². The van der Waals surface area contributed by atoms with E-state index in [0.29, 0.717) is 12.2 Å². The van der Waals surface area contributed by atoms with Crippen LogP contribution in [-0.4, -0.2) is 11.0 Å². The number of nitrogens with zero attached hydrogens (tertiary/aromatic N) is 1. The molecule has 5 nitrogen and oxygen atoms in total. The van der Waals surface area contributed by atoms with Gasteiger partial charge in [0.2, 0.25) is 0 Å². The minimum Gasteiger partial charge on any atom is -0.392 e. The third-order valence-electron chi connectivity index (χ3n) is 3.43. The molecule has 0 saturated carbocycles. The average Bonchev–Trinajstić information content (AvgIpc) is 2.61. The lowest BCUT2D eigenvalue weighted by atomic mass is 10.1. The van der Waals surface area contributed by atoms with Gasteiger partial charge in [-0.15, -0.1) is 0 Å². The quantitative estimate of drug-likeness (QED) is 0.564. The molecule has 0 radical (unpaired) electrons. The molecule has 2 rings (SSSR count). The molecule has 24 heavy (non-hydrogen) atoms. The largest absolute Gasteiger partial charge is 0.392 e. The SMILES string of the molecule is Cc1ccc(NC(=O)/C(C#N)=C\NCc2ccc(CO)cc2)cc1. The van der Waals surface area contributed by atoms with Crippen molar-refractivity contribution in [1.82, 2.24) is 5.32 Å².